The molecular formula is C20H23N5O5S. The molecule has 31 heavy (non-hydrogen) atoms. The van der Waals surface area contributed by atoms with Crippen molar-refractivity contribution in [2.45, 2.75) is 18.6 Å². The lowest BCUT2D eigenvalue weighted by molar-refractivity contribution is 0.0483. The van der Waals surface area contributed by atoms with Gasteiger partial charge < -0.3 is 9.15 Å². The van der Waals surface area contributed by atoms with Crippen LogP contribution < -0.4 is 0 Å². The second-order valence-electron chi connectivity index (χ2n) is 6.98. The third-order valence-electron chi connectivity index (χ3n) is 4.90. The Labute approximate surface area is 180 Å². The summed E-state index contributed by atoms with van der Waals surface area (Å²) in [6.07, 6.45) is 1.72. The molecule has 3 heterocycles. The molecule has 164 valence electrons. The molecule has 0 unspecified atom stereocenters. The molecular weight excluding hydrogens is 422 g/mol. The van der Waals surface area contributed by atoms with E-state index in [0.29, 0.717) is 32.7 Å². The van der Waals surface area contributed by atoms with Crippen molar-refractivity contribution in [2.75, 3.05) is 32.8 Å². The van der Waals surface area contributed by atoms with Crippen LogP contribution in [0.2, 0.25) is 0 Å². The number of nitrogens with zero attached hydrogens (tertiary/aromatic N) is 5. The molecule has 3 aromatic rings. The maximum atomic E-state index is 12.8. The van der Waals surface area contributed by atoms with Gasteiger partial charge in [-0.15, -0.1) is 0 Å². The maximum absolute atomic E-state index is 12.8. The summed E-state index contributed by atoms with van der Waals surface area (Å²) in [7, 11) is -3.82. The Morgan fingerprint density at radius 1 is 1.10 bits per heavy atom. The lowest BCUT2D eigenvalue weighted by Crippen LogP contribution is -2.48. The molecule has 0 bridgehead atoms. The summed E-state index contributed by atoms with van der Waals surface area (Å²) in [5.41, 5.74) is 1.69. The fourth-order valence-electron chi connectivity index (χ4n) is 3.31. The zero-order chi connectivity index (χ0) is 21.8. The molecule has 0 atom stereocenters. The zero-order valence-electron chi connectivity index (χ0n) is 17.0. The summed E-state index contributed by atoms with van der Waals surface area (Å²) >= 11 is 0. The molecule has 1 aliphatic rings. The number of sulfonamides is 1. The van der Waals surface area contributed by atoms with Gasteiger partial charge in [0, 0.05) is 32.7 Å². The van der Waals surface area contributed by atoms with Crippen molar-refractivity contribution < 1.29 is 22.4 Å². The Kier molecular flexibility index (Phi) is 6.16. The van der Waals surface area contributed by atoms with E-state index in [-0.39, 0.29) is 17.5 Å². The van der Waals surface area contributed by atoms with E-state index in [0.717, 1.165) is 11.4 Å². The highest BCUT2D eigenvalue weighted by Gasteiger charge is 2.32. The van der Waals surface area contributed by atoms with Gasteiger partial charge in [-0.3, -0.25) is 4.90 Å². The average molecular weight is 446 g/mol. The predicted octanol–water partition coefficient (Wildman–Crippen LogP) is 1.54. The lowest BCUT2D eigenvalue weighted by atomic mass is 10.3. The molecule has 1 fully saturated rings. The van der Waals surface area contributed by atoms with Crippen LogP contribution in [-0.2, 0) is 21.3 Å². The largest absolute Gasteiger partial charge is 0.460 e. The number of ether oxygens (including phenoxy) is 1. The van der Waals surface area contributed by atoms with Crippen LogP contribution >= 0.6 is 0 Å². The maximum Gasteiger partial charge on any atom is 0.374 e. The molecule has 0 radical (unpaired) electrons. The summed E-state index contributed by atoms with van der Waals surface area (Å²) in [5.74, 6) is -0.808. The Morgan fingerprint density at radius 2 is 1.84 bits per heavy atom. The van der Waals surface area contributed by atoms with E-state index in [1.165, 1.54) is 16.4 Å². The van der Waals surface area contributed by atoms with Crippen molar-refractivity contribution in [3.05, 3.63) is 60.1 Å². The van der Waals surface area contributed by atoms with Crippen molar-refractivity contribution in [3.8, 4) is 5.69 Å². The third kappa shape index (κ3) is 4.68. The van der Waals surface area contributed by atoms with Crippen LogP contribution in [0.5, 0.6) is 0 Å². The van der Waals surface area contributed by atoms with Gasteiger partial charge in [0.05, 0.1) is 24.2 Å². The van der Waals surface area contributed by atoms with Crippen molar-refractivity contribution in [1.82, 2.24) is 24.2 Å². The van der Waals surface area contributed by atoms with Crippen LogP contribution in [0.3, 0.4) is 0 Å². The van der Waals surface area contributed by atoms with E-state index >= 15 is 0 Å². The highest BCUT2D eigenvalue weighted by Crippen LogP contribution is 2.21. The first-order valence-electron chi connectivity index (χ1n) is 9.93. The SMILES string of the molecule is CCOC(=O)c1ccc(S(=O)(=O)N2CCN(Cc3cnn(-c4ccccc4)n3)CC2)o1. The first-order chi connectivity index (χ1) is 15.0. The average Bonchev–Trinajstić information content (AvgIpc) is 3.46. The smallest absolute Gasteiger partial charge is 0.374 e. The number of furan rings is 1. The molecule has 1 aliphatic heterocycles. The Bertz CT molecular complexity index is 1130. The second-order valence-corrected chi connectivity index (χ2v) is 8.85. The van der Waals surface area contributed by atoms with Gasteiger partial charge in [0.1, 0.15) is 0 Å². The highest BCUT2D eigenvalue weighted by atomic mass is 32.2. The van der Waals surface area contributed by atoms with Crippen LogP contribution in [-0.4, -0.2) is 71.4 Å². The molecule has 0 spiro atoms. The minimum absolute atomic E-state index is 0.124. The topological polar surface area (TPSA) is 111 Å². The predicted molar refractivity (Wildman–Crippen MR) is 110 cm³/mol. The van der Waals surface area contributed by atoms with E-state index in [1.54, 1.807) is 17.9 Å². The summed E-state index contributed by atoms with van der Waals surface area (Å²) in [5, 5.41) is 8.54. The molecule has 0 saturated carbocycles. The number of benzene rings is 1. The molecule has 0 N–H and O–H groups in total. The quantitative estimate of drug-likeness (QED) is 0.504. The van der Waals surface area contributed by atoms with Crippen LogP contribution in [0, 0.1) is 0 Å². The molecule has 0 amide bonds. The van der Waals surface area contributed by atoms with E-state index in [9.17, 15) is 13.2 Å². The molecule has 11 heteroatoms. The highest BCUT2D eigenvalue weighted by molar-refractivity contribution is 7.89. The van der Waals surface area contributed by atoms with Crippen LogP contribution in [0.4, 0.5) is 0 Å². The van der Waals surface area contributed by atoms with Gasteiger partial charge in [-0.2, -0.15) is 19.3 Å². The van der Waals surface area contributed by atoms with E-state index < -0.39 is 16.0 Å². The molecule has 4 rings (SSSR count). The van der Waals surface area contributed by atoms with Gasteiger partial charge in [-0.05, 0) is 31.2 Å². The summed E-state index contributed by atoms with van der Waals surface area (Å²) in [4.78, 5) is 15.4. The molecule has 1 aromatic carbocycles. The standard InChI is InChI=1S/C20H23N5O5S/c1-2-29-20(26)18-8-9-19(30-18)31(27,28)24-12-10-23(11-13-24)15-16-14-21-25(22-16)17-6-4-3-5-7-17/h3-9,14H,2,10-13,15H2,1H3. The molecule has 1 saturated heterocycles. The van der Waals surface area contributed by atoms with E-state index in [2.05, 4.69) is 15.1 Å². The van der Waals surface area contributed by atoms with Crippen molar-refractivity contribution in [1.29, 1.82) is 0 Å². The first-order valence-corrected chi connectivity index (χ1v) is 11.4. The van der Waals surface area contributed by atoms with Crippen molar-refractivity contribution in [2.24, 2.45) is 0 Å². The zero-order valence-corrected chi connectivity index (χ0v) is 17.9. The van der Waals surface area contributed by atoms with E-state index in [1.807, 2.05) is 30.3 Å². The Balaban J connectivity index is 1.35. The number of piperazine rings is 1. The van der Waals surface area contributed by atoms with Crippen molar-refractivity contribution >= 4 is 16.0 Å². The molecule has 0 aliphatic carbocycles. The minimum Gasteiger partial charge on any atom is -0.460 e. The number of carbonyl (C=O) groups excluding carboxylic acids is 1. The van der Waals surface area contributed by atoms with Crippen LogP contribution in [0.15, 0.2) is 58.2 Å². The lowest BCUT2D eigenvalue weighted by Gasteiger charge is -2.32. The van der Waals surface area contributed by atoms with Gasteiger partial charge in [0.25, 0.3) is 10.0 Å². The van der Waals surface area contributed by atoms with Gasteiger partial charge >= 0.3 is 5.97 Å². The fraction of sp³-hybridized carbons (Fsp3) is 0.350. The van der Waals surface area contributed by atoms with Gasteiger partial charge in [-0.25, -0.2) is 13.2 Å². The molecule has 10 nitrogen and oxygen atoms in total. The first kappa shape index (κ1) is 21.2. The Hall–Kier alpha value is -3.02. The number of aromatic nitrogens is 3. The number of esters is 1. The Morgan fingerprint density at radius 3 is 2.55 bits per heavy atom. The minimum atomic E-state index is -3.82. The second kappa shape index (κ2) is 9.00. The monoisotopic (exact) mass is 445 g/mol. The third-order valence-corrected chi connectivity index (χ3v) is 6.67. The summed E-state index contributed by atoms with van der Waals surface area (Å²) in [6, 6.07) is 12.2. The fourth-order valence-corrected chi connectivity index (χ4v) is 4.64. The van der Waals surface area contributed by atoms with Crippen molar-refractivity contribution in [3.63, 3.8) is 0 Å². The number of para-hydroxylation sites is 1. The number of hydrogen-bond donors (Lipinski definition) is 0. The summed E-state index contributed by atoms with van der Waals surface area (Å²) < 4.78 is 37.1. The van der Waals surface area contributed by atoms with Gasteiger partial charge in [0.2, 0.25) is 10.9 Å². The number of carbonyl (C=O) groups is 1. The van der Waals surface area contributed by atoms with Crippen LogP contribution in [0.1, 0.15) is 23.2 Å². The summed E-state index contributed by atoms with van der Waals surface area (Å²) in [6.45, 7) is 4.14. The van der Waals surface area contributed by atoms with E-state index in [4.69, 9.17) is 9.15 Å². The number of hydrogen-bond acceptors (Lipinski definition) is 8. The van der Waals surface area contributed by atoms with Gasteiger partial charge in [-0.1, -0.05) is 18.2 Å². The molecule has 2 aromatic heterocycles. The van der Waals surface area contributed by atoms with Gasteiger partial charge in [0.15, 0.2) is 0 Å². The normalized spacial score (nSPS) is 15.8. The van der Waals surface area contributed by atoms with Crippen LogP contribution in [0.25, 0.3) is 5.69 Å². The number of rotatable bonds is 7.